The van der Waals surface area contributed by atoms with E-state index in [2.05, 4.69) is 25.0 Å². The lowest BCUT2D eigenvalue weighted by molar-refractivity contribution is -0.160. The van der Waals surface area contributed by atoms with Gasteiger partial charge in [-0.15, -0.1) is 0 Å². The van der Waals surface area contributed by atoms with E-state index in [1.807, 2.05) is 29.3 Å². The monoisotopic (exact) mass is 425 g/mol. The molecule has 0 saturated carbocycles. The van der Waals surface area contributed by atoms with Gasteiger partial charge in [0.2, 0.25) is 11.8 Å². The van der Waals surface area contributed by atoms with Crippen molar-refractivity contribution in [3.63, 3.8) is 0 Å². The molecule has 5 heterocycles. The van der Waals surface area contributed by atoms with Gasteiger partial charge in [-0.25, -0.2) is 4.37 Å². The van der Waals surface area contributed by atoms with Crippen LogP contribution >= 0.6 is 11.5 Å². The zero-order chi connectivity index (χ0) is 20.5. The molecule has 5 rings (SSSR count). The Kier molecular flexibility index (Phi) is 5.52. The molecule has 158 valence electrons. The summed E-state index contributed by atoms with van der Waals surface area (Å²) in [4.78, 5) is 34.9. The van der Waals surface area contributed by atoms with Crippen molar-refractivity contribution in [1.82, 2.24) is 24.5 Å². The van der Waals surface area contributed by atoms with Gasteiger partial charge in [0, 0.05) is 55.8 Å². The van der Waals surface area contributed by atoms with Crippen LogP contribution in [0.3, 0.4) is 0 Å². The van der Waals surface area contributed by atoms with Gasteiger partial charge in [-0.05, 0) is 54.4 Å². The Morgan fingerprint density at radius 2 is 2.17 bits per heavy atom. The topological polar surface area (TPSA) is 78.4 Å². The molecular formula is C22H27N5O2S. The van der Waals surface area contributed by atoms with E-state index in [0.29, 0.717) is 18.9 Å². The zero-order valence-corrected chi connectivity index (χ0v) is 17.8. The molecule has 3 saturated heterocycles. The number of nitrogens with zero attached hydrogens (tertiary/aromatic N) is 4. The highest BCUT2D eigenvalue weighted by molar-refractivity contribution is 7.03. The summed E-state index contributed by atoms with van der Waals surface area (Å²) in [6.45, 7) is 3.09. The van der Waals surface area contributed by atoms with Crippen LogP contribution in [0, 0.1) is 11.8 Å². The number of aromatic nitrogens is 2. The number of fused-ring (bicyclic) bond motifs is 4. The number of hydrogen-bond acceptors (Lipinski definition) is 6. The highest BCUT2D eigenvalue weighted by atomic mass is 32.1. The zero-order valence-electron chi connectivity index (χ0n) is 16.9. The summed E-state index contributed by atoms with van der Waals surface area (Å²) in [6.07, 6.45) is 7.18. The van der Waals surface area contributed by atoms with E-state index in [-0.39, 0.29) is 29.8 Å². The minimum absolute atomic E-state index is 0.0385. The lowest BCUT2D eigenvalue weighted by Crippen LogP contribution is -2.68. The van der Waals surface area contributed by atoms with Crippen LogP contribution in [0.5, 0.6) is 0 Å². The van der Waals surface area contributed by atoms with Gasteiger partial charge in [-0.3, -0.25) is 19.5 Å². The summed E-state index contributed by atoms with van der Waals surface area (Å²) >= 11 is 1.48. The average molecular weight is 426 g/mol. The number of likely N-dealkylation sites (tertiary alicyclic amines) is 1. The highest BCUT2D eigenvalue weighted by Gasteiger charge is 2.51. The summed E-state index contributed by atoms with van der Waals surface area (Å²) in [6, 6.07) is 5.48. The molecule has 30 heavy (non-hydrogen) atoms. The number of amides is 2. The second-order valence-electron chi connectivity index (χ2n) is 8.73. The maximum absolute atomic E-state index is 13.3. The maximum atomic E-state index is 13.3. The summed E-state index contributed by atoms with van der Waals surface area (Å²) in [5, 5.41) is 5.16. The lowest BCUT2D eigenvalue weighted by Gasteiger charge is -2.55. The molecule has 0 radical (unpaired) electrons. The third-order valence-corrected chi connectivity index (χ3v) is 7.38. The molecule has 2 aromatic heterocycles. The van der Waals surface area contributed by atoms with Gasteiger partial charge in [0.15, 0.2) is 0 Å². The molecule has 2 aromatic rings. The second kappa shape index (κ2) is 8.43. The Balaban J connectivity index is 1.36. The number of carbonyl (C=O) groups is 2. The Hall–Kier alpha value is -2.32. The van der Waals surface area contributed by atoms with Crippen molar-refractivity contribution in [2.24, 2.45) is 11.8 Å². The number of pyridine rings is 1. The Morgan fingerprint density at radius 1 is 1.27 bits per heavy atom. The predicted molar refractivity (Wildman–Crippen MR) is 113 cm³/mol. The lowest BCUT2D eigenvalue weighted by atomic mass is 9.71. The molecule has 7 nitrogen and oxygen atoms in total. The van der Waals surface area contributed by atoms with E-state index in [0.717, 1.165) is 44.6 Å². The molecule has 0 aliphatic carbocycles. The standard InChI is InChI=1S/C22H27N5O2S/c28-20-6-3-5-19-16-8-17(13-26(12-16)11-15-9-25-30-14-15)21(27(19)20)22(29)24-10-18-4-1-2-7-23-18/h1-2,4,7,9,14,16-17,19,21H,3,5-6,8,10-13H2,(H,24,29)/t16-,17+,19+,21-/m1/s1. The predicted octanol–water partition coefficient (Wildman–Crippen LogP) is 2.06. The summed E-state index contributed by atoms with van der Waals surface area (Å²) in [7, 11) is 0. The fraction of sp³-hybridized carbons (Fsp3) is 0.545. The van der Waals surface area contributed by atoms with Crippen LogP contribution in [-0.4, -0.2) is 56.1 Å². The molecule has 3 aliphatic heterocycles. The van der Waals surface area contributed by atoms with Crippen molar-refractivity contribution in [1.29, 1.82) is 0 Å². The van der Waals surface area contributed by atoms with E-state index in [9.17, 15) is 9.59 Å². The number of carbonyl (C=O) groups excluding carboxylic acids is 2. The largest absolute Gasteiger partial charge is 0.349 e. The van der Waals surface area contributed by atoms with Crippen LogP contribution in [0.4, 0.5) is 0 Å². The molecule has 0 spiro atoms. The van der Waals surface area contributed by atoms with Crippen molar-refractivity contribution in [2.45, 2.75) is 50.9 Å². The fourth-order valence-electron chi connectivity index (χ4n) is 5.57. The second-order valence-corrected chi connectivity index (χ2v) is 9.38. The van der Waals surface area contributed by atoms with Crippen LogP contribution in [0.2, 0.25) is 0 Å². The van der Waals surface area contributed by atoms with Crippen molar-refractivity contribution in [3.8, 4) is 0 Å². The van der Waals surface area contributed by atoms with Crippen LogP contribution in [0.25, 0.3) is 0 Å². The normalized spacial score (nSPS) is 28.8. The Bertz CT molecular complexity index is 890. The number of rotatable bonds is 5. The molecule has 8 heteroatoms. The smallest absolute Gasteiger partial charge is 0.243 e. The van der Waals surface area contributed by atoms with E-state index in [1.54, 1.807) is 6.20 Å². The molecule has 0 unspecified atom stereocenters. The molecule has 3 fully saturated rings. The minimum atomic E-state index is -0.383. The summed E-state index contributed by atoms with van der Waals surface area (Å²) in [5.41, 5.74) is 2.06. The average Bonchev–Trinajstić information content (AvgIpc) is 3.27. The van der Waals surface area contributed by atoms with Crippen molar-refractivity contribution < 1.29 is 9.59 Å². The molecule has 2 amide bonds. The first-order valence-electron chi connectivity index (χ1n) is 10.8. The van der Waals surface area contributed by atoms with E-state index in [4.69, 9.17) is 0 Å². The first-order chi connectivity index (χ1) is 14.7. The minimum Gasteiger partial charge on any atom is -0.349 e. The third-order valence-electron chi connectivity index (χ3n) is 6.75. The van der Waals surface area contributed by atoms with Gasteiger partial charge in [-0.1, -0.05) is 6.07 Å². The van der Waals surface area contributed by atoms with Crippen LogP contribution < -0.4 is 5.32 Å². The SMILES string of the molecule is O=C(NCc1ccccn1)[C@H]1[C@H]2C[C@H](CN(Cc3cnsc3)C2)[C@@H]2CCCC(=O)N21. The third kappa shape index (κ3) is 3.86. The van der Waals surface area contributed by atoms with Crippen molar-refractivity contribution in [3.05, 3.63) is 47.2 Å². The quantitative estimate of drug-likeness (QED) is 0.793. The molecule has 4 atom stereocenters. The fourth-order valence-corrected chi connectivity index (χ4v) is 6.10. The first kappa shape index (κ1) is 19.6. The maximum Gasteiger partial charge on any atom is 0.243 e. The van der Waals surface area contributed by atoms with Gasteiger partial charge in [0.1, 0.15) is 6.04 Å². The molecular weight excluding hydrogens is 398 g/mol. The molecule has 1 N–H and O–H groups in total. The van der Waals surface area contributed by atoms with Gasteiger partial charge >= 0.3 is 0 Å². The number of hydrogen-bond donors (Lipinski definition) is 1. The highest BCUT2D eigenvalue weighted by Crippen LogP contribution is 2.42. The van der Waals surface area contributed by atoms with E-state index >= 15 is 0 Å². The summed E-state index contributed by atoms with van der Waals surface area (Å²) < 4.78 is 4.22. The van der Waals surface area contributed by atoms with Crippen molar-refractivity contribution in [2.75, 3.05) is 13.1 Å². The van der Waals surface area contributed by atoms with E-state index in [1.165, 1.54) is 17.1 Å². The van der Waals surface area contributed by atoms with Crippen molar-refractivity contribution >= 4 is 23.3 Å². The number of piperidine rings is 3. The number of nitrogens with one attached hydrogen (secondary N) is 1. The molecule has 2 bridgehead atoms. The molecule has 3 aliphatic rings. The van der Waals surface area contributed by atoms with Gasteiger partial charge < -0.3 is 10.2 Å². The van der Waals surface area contributed by atoms with Crippen LogP contribution in [0.1, 0.15) is 36.9 Å². The Morgan fingerprint density at radius 3 is 2.97 bits per heavy atom. The van der Waals surface area contributed by atoms with E-state index < -0.39 is 0 Å². The first-order valence-corrected chi connectivity index (χ1v) is 11.6. The van der Waals surface area contributed by atoms with Crippen LogP contribution in [0.15, 0.2) is 36.0 Å². The summed E-state index contributed by atoms with van der Waals surface area (Å²) in [5.74, 6) is 0.717. The van der Waals surface area contributed by atoms with Crippen LogP contribution in [-0.2, 0) is 22.7 Å². The van der Waals surface area contributed by atoms with Gasteiger partial charge in [0.25, 0.3) is 0 Å². The van der Waals surface area contributed by atoms with Gasteiger partial charge in [-0.2, -0.15) is 0 Å². The van der Waals surface area contributed by atoms with Gasteiger partial charge in [0.05, 0.1) is 12.2 Å². The Labute approximate surface area is 180 Å². The molecule has 0 aromatic carbocycles.